The molecule has 0 aliphatic heterocycles. The molecule has 0 bridgehead atoms. The average Bonchev–Trinajstić information content (AvgIpc) is 2.98. The lowest BCUT2D eigenvalue weighted by Gasteiger charge is -2.20. The van der Waals surface area contributed by atoms with Crippen molar-refractivity contribution < 1.29 is 5.11 Å². The molecule has 2 heterocycles. The number of fused-ring (bicyclic) bond motifs is 1. The van der Waals surface area contributed by atoms with Crippen LogP contribution in [0.25, 0.3) is 0 Å². The molecular weight excluding hydrogens is 238 g/mol. The number of nitrogens with zero attached hydrogens (tertiary/aromatic N) is 2. The summed E-state index contributed by atoms with van der Waals surface area (Å²) in [5.41, 5.74) is 4.96. The van der Waals surface area contributed by atoms with Crippen LogP contribution in [0, 0.1) is 6.92 Å². The van der Waals surface area contributed by atoms with E-state index in [4.69, 9.17) is 0 Å². The van der Waals surface area contributed by atoms with Crippen LogP contribution in [0.15, 0.2) is 18.5 Å². The quantitative estimate of drug-likeness (QED) is 0.886. The number of aromatic nitrogens is 3. The Morgan fingerprint density at radius 1 is 1.53 bits per heavy atom. The number of rotatable bonds is 4. The molecule has 1 aliphatic rings. The van der Waals surface area contributed by atoms with Gasteiger partial charge in [0, 0.05) is 29.7 Å². The molecule has 1 unspecified atom stereocenters. The summed E-state index contributed by atoms with van der Waals surface area (Å²) in [6, 6.07) is 2.09. The van der Waals surface area contributed by atoms with Crippen molar-refractivity contribution in [3.63, 3.8) is 0 Å². The van der Waals surface area contributed by atoms with Crippen LogP contribution in [-0.2, 0) is 19.4 Å². The minimum Gasteiger partial charge on any atom is -0.388 e. The number of aromatic amines is 1. The third-order valence-electron chi connectivity index (χ3n) is 4.14. The highest BCUT2D eigenvalue weighted by atomic mass is 16.3. The lowest BCUT2D eigenvalue weighted by atomic mass is 9.95. The van der Waals surface area contributed by atoms with E-state index in [0.717, 1.165) is 44.2 Å². The third-order valence-corrected chi connectivity index (χ3v) is 4.14. The van der Waals surface area contributed by atoms with Crippen LogP contribution >= 0.6 is 0 Å². The molecule has 2 aromatic rings. The molecule has 1 aliphatic carbocycles. The molecule has 2 N–H and O–H groups in total. The van der Waals surface area contributed by atoms with Crippen molar-refractivity contribution in [2.45, 2.75) is 51.7 Å². The molecule has 4 heteroatoms. The van der Waals surface area contributed by atoms with Gasteiger partial charge in [-0.1, -0.05) is 0 Å². The molecule has 0 amide bonds. The molecule has 0 saturated heterocycles. The van der Waals surface area contributed by atoms with Crippen molar-refractivity contribution in [1.82, 2.24) is 14.8 Å². The lowest BCUT2D eigenvalue weighted by Crippen LogP contribution is -2.12. The van der Waals surface area contributed by atoms with Crippen LogP contribution in [0.3, 0.4) is 0 Å². The van der Waals surface area contributed by atoms with Gasteiger partial charge in [0.1, 0.15) is 0 Å². The van der Waals surface area contributed by atoms with Crippen LogP contribution < -0.4 is 0 Å². The minimum atomic E-state index is -0.249. The van der Waals surface area contributed by atoms with E-state index in [1.54, 1.807) is 0 Å². The average molecular weight is 259 g/mol. The Balaban J connectivity index is 1.63. The lowest BCUT2D eigenvalue weighted by molar-refractivity contribution is 0.155. The van der Waals surface area contributed by atoms with Crippen molar-refractivity contribution in [2.75, 3.05) is 0 Å². The van der Waals surface area contributed by atoms with Gasteiger partial charge >= 0.3 is 0 Å². The van der Waals surface area contributed by atoms with Gasteiger partial charge in [-0.25, -0.2) is 0 Å². The molecule has 102 valence electrons. The van der Waals surface area contributed by atoms with E-state index < -0.39 is 0 Å². The normalized spacial score (nSPS) is 18.5. The first-order valence-corrected chi connectivity index (χ1v) is 7.10. The first kappa shape index (κ1) is 12.5. The van der Waals surface area contributed by atoms with Crippen molar-refractivity contribution >= 4 is 0 Å². The number of nitrogens with one attached hydrogen (secondary N) is 1. The van der Waals surface area contributed by atoms with Gasteiger partial charge in [0.2, 0.25) is 0 Å². The topological polar surface area (TPSA) is 53.8 Å². The predicted molar refractivity (Wildman–Crippen MR) is 74.0 cm³/mol. The molecule has 19 heavy (non-hydrogen) atoms. The zero-order valence-corrected chi connectivity index (χ0v) is 11.4. The highest BCUT2D eigenvalue weighted by Crippen LogP contribution is 2.30. The largest absolute Gasteiger partial charge is 0.388 e. The smallest absolute Gasteiger partial charge is 0.0807 e. The summed E-state index contributed by atoms with van der Waals surface area (Å²) in [5, 5.41) is 17.0. The molecule has 0 spiro atoms. The van der Waals surface area contributed by atoms with Crippen molar-refractivity contribution in [3.8, 4) is 0 Å². The Kier molecular flexibility index (Phi) is 3.42. The standard InChI is InChI=1S/C15H21N3O/c1-11-12(10-16-17-11)4-3-8-18-9-7-13-14(18)5-2-6-15(13)19/h7,9-10,15,19H,2-6,8H2,1H3,(H,16,17). The van der Waals surface area contributed by atoms with Gasteiger partial charge in [0.25, 0.3) is 0 Å². The van der Waals surface area contributed by atoms with Crippen molar-refractivity contribution in [1.29, 1.82) is 0 Å². The predicted octanol–water partition coefficient (Wildman–Crippen LogP) is 2.52. The van der Waals surface area contributed by atoms with E-state index in [1.165, 1.54) is 17.0 Å². The monoisotopic (exact) mass is 259 g/mol. The van der Waals surface area contributed by atoms with E-state index in [1.807, 2.05) is 6.20 Å². The van der Waals surface area contributed by atoms with E-state index >= 15 is 0 Å². The minimum absolute atomic E-state index is 0.249. The Morgan fingerprint density at radius 3 is 3.21 bits per heavy atom. The molecule has 4 nitrogen and oxygen atoms in total. The Labute approximate surface area is 113 Å². The summed E-state index contributed by atoms with van der Waals surface area (Å²) in [4.78, 5) is 0. The molecule has 0 saturated carbocycles. The number of aliphatic hydroxyl groups excluding tert-OH is 1. The second-order valence-electron chi connectivity index (χ2n) is 5.44. The molecule has 1 atom stereocenters. The van der Waals surface area contributed by atoms with Gasteiger partial charge in [-0.2, -0.15) is 5.10 Å². The summed E-state index contributed by atoms with van der Waals surface area (Å²) in [6.07, 6.45) is 9.07. The molecule has 0 radical (unpaired) electrons. The molecule has 2 aromatic heterocycles. The maximum Gasteiger partial charge on any atom is 0.0807 e. The van der Waals surface area contributed by atoms with Crippen LogP contribution in [0.5, 0.6) is 0 Å². The fraction of sp³-hybridized carbons (Fsp3) is 0.533. The van der Waals surface area contributed by atoms with Crippen LogP contribution in [0.1, 0.15) is 47.9 Å². The molecular formula is C15H21N3O. The zero-order valence-electron chi connectivity index (χ0n) is 11.4. The van der Waals surface area contributed by atoms with Crippen molar-refractivity contribution in [2.24, 2.45) is 0 Å². The van der Waals surface area contributed by atoms with Gasteiger partial charge in [0.15, 0.2) is 0 Å². The van der Waals surface area contributed by atoms with Crippen molar-refractivity contribution in [3.05, 3.63) is 41.0 Å². The Hall–Kier alpha value is -1.55. The van der Waals surface area contributed by atoms with Gasteiger partial charge in [-0.3, -0.25) is 5.10 Å². The fourth-order valence-corrected chi connectivity index (χ4v) is 3.01. The first-order valence-electron chi connectivity index (χ1n) is 7.10. The number of aryl methyl sites for hydroxylation is 3. The van der Waals surface area contributed by atoms with Gasteiger partial charge in [0.05, 0.1) is 12.3 Å². The number of aliphatic hydroxyl groups is 1. The second kappa shape index (κ2) is 5.21. The fourth-order valence-electron chi connectivity index (χ4n) is 3.01. The second-order valence-corrected chi connectivity index (χ2v) is 5.44. The Morgan fingerprint density at radius 2 is 2.42 bits per heavy atom. The van der Waals surface area contributed by atoms with E-state index in [0.29, 0.717) is 0 Å². The van der Waals surface area contributed by atoms with E-state index in [-0.39, 0.29) is 6.10 Å². The number of hydrogen-bond donors (Lipinski definition) is 2. The molecule has 3 rings (SSSR count). The van der Waals surface area contributed by atoms with Crippen LogP contribution in [-0.4, -0.2) is 19.9 Å². The van der Waals surface area contributed by atoms with Gasteiger partial charge in [-0.05, 0) is 50.7 Å². The first-order chi connectivity index (χ1) is 9.25. The zero-order chi connectivity index (χ0) is 13.2. The molecule has 0 aromatic carbocycles. The maximum absolute atomic E-state index is 9.96. The number of hydrogen-bond acceptors (Lipinski definition) is 2. The summed E-state index contributed by atoms with van der Waals surface area (Å²) >= 11 is 0. The highest BCUT2D eigenvalue weighted by molar-refractivity contribution is 5.27. The maximum atomic E-state index is 9.96. The van der Waals surface area contributed by atoms with Gasteiger partial charge < -0.3 is 9.67 Å². The molecule has 0 fully saturated rings. The highest BCUT2D eigenvalue weighted by Gasteiger charge is 2.20. The summed E-state index contributed by atoms with van der Waals surface area (Å²) in [6.45, 7) is 3.09. The van der Waals surface area contributed by atoms with Crippen LogP contribution in [0.4, 0.5) is 0 Å². The van der Waals surface area contributed by atoms with E-state index in [2.05, 4.69) is 34.0 Å². The SMILES string of the molecule is Cc1[nH]ncc1CCCn1ccc2c1CCCC2O. The Bertz CT molecular complexity index is 555. The third kappa shape index (κ3) is 2.45. The van der Waals surface area contributed by atoms with Gasteiger partial charge in [-0.15, -0.1) is 0 Å². The van der Waals surface area contributed by atoms with Crippen LogP contribution in [0.2, 0.25) is 0 Å². The summed E-state index contributed by atoms with van der Waals surface area (Å²) in [7, 11) is 0. The summed E-state index contributed by atoms with van der Waals surface area (Å²) < 4.78 is 2.31. The summed E-state index contributed by atoms with van der Waals surface area (Å²) in [5.74, 6) is 0. The van der Waals surface area contributed by atoms with E-state index in [9.17, 15) is 5.11 Å². The number of H-pyrrole nitrogens is 1.